The molecule has 0 spiro atoms. The maximum Gasteiger partial charge on any atom is 0.269 e. The van der Waals surface area contributed by atoms with Crippen molar-refractivity contribution in [2.24, 2.45) is 5.92 Å². The van der Waals surface area contributed by atoms with Crippen LogP contribution in [0.2, 0.25) is 0 Å². The third kappa shape index (κ3) is 11.7. The third-order valence-electron chi connectivity index (χ3n) is 9.20. The molecule has 1 aliphatic rings. The van der Waals surface area contributed by atoms with E-state index in [2.05, 4.69) is 36.8 Å². The third-order valence-corrected chi connectivity index (χ3v) is 9.20. The largest absolute Gasteiger partial charge is 0.493 e. The minimum Gasteiger partial charge on any atom is -0.493 e. The van der Waals surface area contributed by atoms with Crippen LogP contribution in [0.1, 0.15) is 54.7 Å². The van der Waals surface area contributed by atoms with Gasteiger partial charge in [0.1, 0.15) is 23.8 Å². The number of nitrogens with zero attached hydrogens (tertiary/aromatic N) is 1. The lowest BCUT2D eigenvalue weighted by Crippen LogP contribution is -2.58. The van der Waals surface area contributed by atoms with Gasteiger partial charge in [-0.25, -0.2) is 0 Å². The Labute approximate surface area is 320 Å². The number of hydrogen-bond acceptors (Lipinski definition) is 8. The average Bonchev–Trinajstić information content (AvgIpc) is 3.69. The van der Waals surface area contributed by atoms with E-state index < -0.39 is 35.8 Å². The van der Waals surface area contributed by atoms with Crippen molar-refractivity contribution >= 4 is 29.5 Å². The zero-order valence-corrected chi connectivity index (χ0v) is 31.4. The second kappa shape index (κ2) is 19.8. The highest BCUT2D eigenvalue weighted by atomic mass is 16.5. The van der Waals surface area contributed by atoms with Crippen LogP contribution >= 0.6 is 0 Å². The second-order valence-electron chi connectivity index (χ2n) is 13.7. The molecule has 1 aromatic heterocycles. The quantitative estimate of drug-likeness (QED) is 0.166. The lowest BCUT2D eigenvalue weighted by atomic mass is 10.00. The molecule has 0 radical (unpaired) electrons. The molecule has 290 valence electrons. The monoisotopic (exact) mass is 751 g/mol. The van der Waals surface area contributed by atoms with Crippen LogP contribution < -0.4 is 36.1 Å². The molecule has 2 bridgehead atoms. The molecular weight excluding hydrogens is 702 g/mol. The Morgan fingerprint density at radius 2 is 1.60 bits per heavy atom. The molecule has 0 fully saturated rings. The molecule has 2 heterocycles. The number of carbonyl (C=O) groups is 5. The van der Waals surface area contributed by atoms with Gasteiger partial charge in [-0.1, -0.05) is 80.6 Å². The number of ether oxygens (including phenoxy) is 2. The van der Waals surface area contributed by atoms with Crippen molar-refractivity contribution in [1.82, 2.24) is 36.8 Å². The summed E-state index contributed by atoms with van der Waals surface area (Å²) in [5, 5.41) is 21.3. The van der Waals surface area contributed by atoms with E-state index in [0.717, 1.165) is 16.7 Å². The number of methoxy groups -OCH3 is 1. The Morgan fingerprint density at radius 1 is 0.873 bits per heavy atom. The summed E-state index contributed by atoms with van der Waals surface area (Å²) in [5.41, 5.74) is 3.21. The van der Waals surface area contributed by atoms with E-state index in [0.29, 0.717) is 43.0 Å². The predicted molar refractivity (Wildman–Crippen MR) is 206 cm³/mol. The number of aromatic nitrogens is 2. The Morgan fingerprint density at radius 3 is 2.33 bits per heavy atom. The fraction of sp³-hybridized carbons (Fsp3) is 0.366. The lowest BCUT2D eigenvalue weighted by molar-refractivity contribution is -0.133. The molecular formula is C41H49N7O7. The highest BCUT2D eigenvalue weighted by molar-refractivity contribution is 5.98. The summed E-state index contributed by atoms with van der Waals surface area (Å²) in [6.07, 6.45) is 1.76. The van der Waals surface area contributed by atoms with E-state index >= 15 is 0 Å². The Bertz CT molecular complexity index is 1920. The van der Waals surface area contributed by atoms with Gasteiger partial charge >= 0.3 is 0 Å². The molecule has 55 heavy (non-hydrogen) atoms. The molecule has 14 heteroatoms. The first kappa shape index (κ1) is 40.0. The van der Waals surface area contributed by atoms with Crippen LogP contribution in [0.4, 0.5) is 0 Å². The summed E-state index contributed by atoms with van der Waals surface area (Å²) in [6.45, 7) is 3.92. The maximum absolute atomic E-state index is 14.1. The van der Waals surface area contributed by atoms with Gasteiger partial charge in [-0.3, -0.25) is 29.1 Å². The van der Waals surface area contributed by atoms with Crippen molar-refractivity contribution in [2.75, 3.05) is 26.8 Å². The average molecular weight is 752 g/mol. The number of aryl methyl sites for hydroxylation is 1. The number of carbonyl (C=O) groups excluding carboxylic acids is 5. The molecule has 0 aliphatic carbocycles. The topological polar surface area (TPSA) is 193 Å². The van der Waals surface area contributed by atoms with E-state index in [1.165, 1.54) is 7.11 Å². The van der Waals surface area contributed by atoms with Crippen LogP contribution in [0.5, 0.6) is 11.5 Å². The number of H-pyrrole nitrogens is 1. The van der Waals surface area contributed by atoms with Crippen LogP contribution in [-0.4, -0.2) is 84.7 Å². The number of rotatable bonds is 7. The molecule has 0 saturated carbocycles. The van der Waals surface area contributed by atoms with Gasteiger partial charge in [0.25, 0.3) is 11.8 Å². The predicted octanol–water partition coefficient (Wildman–Crippen LogP) is 3.09. The molecule has 1 aliphatic heterocycles. The number of amides is 5. The maximum atomic E-state index is 14.1. The Hall–Kier alpha value is -6.18. The zero-order valence-electron chi connectivity index (χ0n) is 31.4. The van der Waals surface area contributed by atoms with Crippen molar-refractivity contribution in [1.29, 1.82) is 0 Å². The van der Waals surface area contributed by atoms with Crippen molar-refractivity contribution in [3.8, 4) is 22.8 Å². The lowest BCUT2D eigenvalue weighted by Gasteiger charge is -2.27. The van der Waals surface area contributed by atoms with Crippen LogP contribution in [0.15, 0.2) is 84.9 Å². The van der Waals surface area contributed by atoms with Crippen LogP contribution in [0.25, 0.3) is 11.3 Å². The molecule has 14 nitrogen and oxygen atoms in total. The summed E-state index contributed by atoms with van der Waals surface area (Å²) in [4.78, 5) is 67.8. The number of nitrogens with one attached hydrogen (secondary N) is 6. The molecule has 0 saturated heterocycles. The van der Waals surface area contributed by atoms with E-state index in [1.54, 1.807) is 18.2 Å². The van der Waals surface area contributed by atoms with Gasteiger partial charge in [0.2, 0.25) is 17.7 Å². The van der Waals surface area contributed by atoms with Gasteiger partial charge in [-0.05, 0) is 60.9 Å². The molecule has 4 aromatic rings. The normalized spacial score (nSPS) is 19.3. The van der Waals surface area contributed by atoms with Crippen molar-refractivity contribution in [2.45, 2.75) is 64.1 Å². The summed E-state index contributed by atoms with van der Waals surface area (Å²) in [6, 6.07) is 22.5. The van der Waals surface area contributed by atoms with E-state index in [1.807, 2.05) is 80.6 Å². The van der Waals surface area contributed by atoms with E-state index in [4.69, 9.17) is 9.47 Å². The molecule has 0 unspecified atom stereocenters. The van der Waals surface area contributed by atoms with Gasteiger partial charge in [0.05, 0.1) is 12.8 Å². The molecule has 3 aromatic carbocycles. The Kier molecular flexibility index (Phi) is 14.4. The SMILES string of the molecule is COc1ccc2cc1OCC(=O)NCCC[C@H](NC(=O)c1cc(-c3ccccc3)n[nH]1)C(=O)N[C@@H](Cc1ccccc1)C(=O)N[C@H](C(C)C)C(=O)NCCC2. The van der Waals surface area contributed by atoms with Crippen LogP contribution in [0, 0.1) is 5.92 Å². The van der Waals surface area contributed by atoms with Gasteiger partial charge in [-0.2, -0.15) is 5.10 Å². The summed E-state index contributed by atoms with van der Waals surface area (Å²) in [7, 11) is 1.51. The first-order chi connectivity index (χ1) is 26.6. The minimum absolute atomic E-state index is 0.116. The summed E-state index contributed by atoms with van der Waals surface area (Å²) < 4.78 is 11.2. The summed E-state index contributed by atoms with van der Waals surface area (Å²) in [5.74, 6) is -1.85. The van der Waals surface area contributed by atoms with Crippen molar-refractivity contribution in [3.63, 3.8) is 0 Å². The van der Waals surface area contributed by atoms with Crippen LogP contribution in [0.3, 0.4) is 0 Å². The van der Waals surface area contributed by atoms with Gasteiger partial charge in [0, 0.05) is 25.1 Å². The Balaban J connectivity index is 1.39. The number of hydrogen-bond donors (Lipinski definition) is 6. The van der Waals surface area contributed by atoms with E-state index in [-0.39, 0.29) is 49.4 Å². The fourth-order valence-electron chi connectivity index (χ4n) is 6.15. The molecule has 5 amide bonds. The summed E-state index contributed by atoms with van der Waals surface area (Å²) >= 11 is 0. The zero-order chi connectivity index (χ0) is 39.2. The van der Waals surface area contributed by atoms with Crippen LogP contribution in [-0.2, 0) is 32.0 Å². The van der Waals surface area contributed by atoms with E-state index in [9.17, 15) is 24.0 Å². The van der Waals surface area contributed by atoms with Gasteiger partial charge < -0.3 is 36.1 Å². The minimum atomic E-state index is -1.11. The fourth-order valence-corrected chi connectivity index (χ4v) is 6.15. The van der Waals surface area contributed by atoms with Gasteiger partial charge in [-0.15, -0.1) is 0 Å². The number of aromatic amines is 1. The molecule has 3 atom stereocenters. The highest BCUT2D eigenvalue weighted by Gasteiger charge is 2.31. The highest BCUT2D eigenvalue weighted by Crippen LogP contribution is 2.28. The second-order valence-corrected chi connectivity index (χ2v) is 13.7. The van der Waals surface area contributed by atoms with Crippen molar-refractivity contribution in [3.05, 3.63) is 102 Å². The molecule has 6 N–H and O–H groups in total. The standard InChI is InChI=1S/C41H49N7O7/c1-26(2)37-41(53)43-21-10-14-28-18-19-34(54-3)35(23-28)55-25-36(49)42-20-11-17-30(38(50)45-32(39(51)46-37)22-27-12-6-4-7-13-27)44-40(52)33-24-31(47-48-33)29-15-8-5-9-16-29/h4-9,12-13,15-16,18-19,23-24,26,30,32,37H,10-11,14,17,20-22,25H2,1-3H3,(H,42,49)(H,43,53)(H,44,52)(H,45,50)(H,46,51)(H,47,48)/t30-,32-,37+/m0/s1. The number of fused-ring (bicyclic) bond motifs is 2. The smallest absolute Gasteiger partial charge is 0.269 e. The van der Waals surface area contributed by atoms with Gasteiger partial charge in [0.15, 0.2) is 18.1 Å². The first-order valence-electron chi connectivity index (χ1n) is 18.5. The number of benzene rings is 3. The molecule has 5 rings (SSSR count). The van der Waals surface area contributed by atoms with Crippen molar-refractivity contribution < 1.29 is 33.4 Å². The first-order valence-corrected chi connectivity index (χ1v) is 18.5.